The molecule has 0 amide bonds. The first-order valence-corrected chi connectivity index (χ1v) is 8.69. The number of likely N-dealkylation sites (N-methyl/N-ethyl adjacent to an activating group) is 1. The van der Waals surface area contributed by atoms with Crippen molar-refractivity contribution in [2.45, 2.75) is 42.1 Å². The van der Waals surface area contributed by atoms with E-state index in [1.54, 1.807) is 0 Å². The van der Waals surface area contributed by atoms with E-state index in [9.17, 15) is 0 Å². The van der Waals surface area contributed by atoms with Crippen LogP contribution in [-0.2, 0) is 0 Å². The minimum absolute atomic E-state index is 0.271. The quantitative estimate of drug-likeness (QED) is 0.537. The molecule has 19 heavy (non-hydrogen) atoms. The first kappa shape index (κ1) is 15.5. The summed E-state index contributed by atoms with van der Waals surface area (Å²) in [5.74, 6) is 0. The molecule has 2 nitrogen and oxygen atoms in total. The summed E-state index contributed by atoms with van der Waals surface area (Å²) in [6.07, 6.45) is 14.5. The van der Waals surface area contributed by atoms with Crippen LogP contribution >= 0.6 is 22.6 Å². The molecular weight excluding hydrogens is 347 g/mol. The van der Waals surface area contributed by atoms with Crippen molar-refractivity contribution in [1.29, 1.82) is 0 Å². The lowest BCUT2D eigenvalue weighted by Crippen LogP contribution is -2.55. The molecule has 0 aromatic heterocycles. The molecule has 0 saturated carbocycles. The molecule has 1 aliphatic carbocycles. The molecule has 2 unspecified atom stereocenters. The fourth-order valence-corrected chi connectivity index (χ4v) is 4.14. The normalized spacial score (nSPS) is 29.9. The molecule has 2 rings (SSSR count). The molecule has 1 fully saturated rings. The maximum atomic E-state index is 2.74. The molecule has 0 radical (unpaired) electrons. The monoisotopic (exact) mass is 374 g/mol. The van der Waals surface area contributed by atoms with Gasteiger partial charge in [-0.2, -0.15) is 0 Å². The van der Waals surface area contributed by atoms with Crippen LogP contribution in [-0.4, -0.2) is 52.5 Å². The average Bonchev–Trinajstić information content (AvgIpc) is 2.46. The van der Waals surface area contributed by atoms with E-state index in [4.69, 9.17) is 0 Å². The predicted octanol–water partition coefficient (Wildman–Crippen LogP) is 3.48. The highest BCUT2D eigenvalue weighted by Gasteiger charge is 2.38. The van der Waals surface area contributed by atoms with Gasteiger partial charge in [0.1, 0.15) is 0 Å². The Morgan fingerprint density at radius 2 is 2.00 bits per heavy atom. The van der Waals surface area contributed by atoms with Crippen molar-refractivity contribution in [2.75, 3.05) is 33.2 Å². The fraction of sp³-hybridized carbons (Fsp3) is 0.750. The van der Waals surface area contributed by atoms with Gasteiger partial charge in [-0.1, -0.05) is 60.2 Å². The van der Waals surface area contributed by atoms with E-state index < -0.39 is 0 Å². The first-order valence-electron chi connectivity index (χ1n) is 7.61. The van der Waals surface area contributed by atoms with Gasteiger partial charge in [0, 0.05) is 12.6 Å². The van der Waals surface area contributed by atoms with E-state index in [1.165, 1.54) is 45.3 Å². The third-order valence-electron chi connectivity index (χ3n) is 4.46. The van der Waals surface area contributed by atoms with Crippen LogP contribution in [0.15, 0.2) is 24.3 Å². The van der Waals surface area contributed by atoms with Crippen LogP contribution in [0.3, 0.4) is 0 Å². The van der Waals surface area contributed by atoms with E-state index in [0.29, 0.717) is 6.04 Å². The van der Waals surface area contributed by atoms with E-state index in [0.717, 1.165) is 6.54 Å². The maximum Gasteiger partial charge on any atom is 0.0605 e. The van der Waals surface area contributed by atoms with Crippen molar-refractivity contribution in [3.05, 3.63) is 24.3 Å². The number of likely N-dealkylation sites (tertiary alicyclic amines) is 1. The van der Waals surface area contributed by atoms with Gasteiger partial charge in [-0.05, 0) is 45.9 Å². The third-order valence-corrected chi connectivity index (χ3v) is 5.98. The second-order valence-electron chi connectivity index (χ2n) is 5.89. The minimum Gasteiger partial charge on any atom is -0.305 e. The number of rotatable bonds is 5. The topological polar surface area (TPSA) is 6.48 Å². The molecule has 0 aromatic rings. The lowest BCUT2D eigenvalue weighted by molar-refractivity contribution is 0.116. The molecule has 2 atom stereocenters. The zero-order chi connectivity index (χ0) is 13.7. The summed E-state index contributed by atoms with van der Waals surface area (Å²) in [5, 5.41) is 0. The second-order valence-corrected chi connectivity index (χ2v) is 7.89. The minimum atomic E-state index is 0.271. The van der Waals surface area contributed by atoms with Crippen molar-refractivity contribution in [1.82, 2.24) is 9.80 Å². The van der Waals surface area contributed by atoms with Crippen LogP contribution in [0.2, 0.25) is 0 Å². The molecule has 2 aliphatic rings. The first-order chi connectivity index (χ1) is 9.15. The highest BCUT2D eigenvalue weighted by Crippen LogP contribution is 2.36. The molecule has 0 N–H and O–H groups in total. The van der Waals surface area contributed by atoms with Crippen LogP contribution in [0.1, 0.15) is 32.6 Å². The van der Waals surface area contributed by atoms with Gasteiger partial charge in [-0.15, -0.1) is 0 Å². The Hall–Kier alpha value is 0.130. The van der Waals surface area contributed by atoms with Gasteiger partial charge in [0.25, 0.3) is 0 Å². The van der Waals surface area contributed by atoms with E-state index in [-0.39, 0.29) is 3.42 Å². The molecule has 1 heterocycles. The molecule has 0 aromatic carbocycles. The molecule has 1 aliphatic heterocycles. The molecule has 1 saturated heterocycles. The zero-order valence-electron chi connectivity index (χ0n) is 12.3. The number of hydrogen-bond acceptors (Lipinski definition) is 2. The average molecular weight is 374 g/mol. The standard InChI is InChI=1S/C16H27IN2/c1-3-18(2)14-15(19-12-8-5-9-13-19)16(17)10-6-4-7-11-16/h4,6-7,10,15H,3,5,8-9,11-14H2,1-2H3. The molecular formula is C16H27IN2. The Labute approximate surface area is 132 Å². The molecule has 0 bridgehead atoms. The Morgan fingerprint density at radius 3 is 2.58 bits per heavy atom. The summed E-state index contributed by atoms with van der Waals surface area (Å²) < 4.78 is 0.271. The SMILES string of the molecule is CCN(C)CC(N1CCCCC1)C1(I)C=CC=CC1. The summed E-state index contributed by atoms with van der Waals surface area (Å²) >= 11 is 2.70. The Kier molecular flexibility index (Phi) is 5.90. The van der Waals surface area contributed by atoms with E-state index in [2.05, 4.69) is 70.7 Å². The number of halogens is 1. The molecule has 108 valence electrons. The van der Waals surface area contributed by atoms with Crippen molar-refractivity contribution in [3.8, 4) is 0 Å². The smallest absolute Gasteiger partial charge is 0.0605 e. The highest BCUT2D eigenvalue weighted by molar-refractivity contribution is 14.1. The Bertz CT molecular complexity index is 334. The summed E-state index contributed by atoms with van der Waals surface area (Å²) in [7, 11) is 2.25. The van der Waals surface area contributed by atoms with E-state index in [1.807, 2.05) is 0 Å². The number of hydrogen-bond donors (Lipinski definition) is 0. The number of piperidine rings is 1. The van der Waals surface area contributed by atoms with Gasteiger partial charge in [-0.25, -0.2) is 0 Å². The molecule has 3 heteroatoms. The van der Waals surface area contributed by atoms with Crippen molar-refractivity contribution < 1.29 is 0 Å². The summed E-state index contributed by atoms with van der Waals surface area (Å²) in [5.41, 5.74) is 0. The van der Waals surface area contributed by atoms with E-state index >= 15 is 0 Å². The number of allylic oxidation sites excluding steroid dienone is 3. The van der Waals surface area contributed by atoms with Crippen LogP contribution in [0.4, 0.5) is 0 Å². The van der Waals surface area contributed by atoms with Crippen LogP contribution < -0.4 is 0 Å². The second kappa shape index (κ2) is 7.23. The van der Waals surface area contributed by atoms with Gasteiger partial charge in [-0.3, -0.25) is 4.90 Å². The third kappa shape index (κ3) is 4.05. The van der Waals surface area contributed by atoms with Crippen LogP contribution in [0.5, 0.6) is 0 Å². The van der Waals surface area contributed by atoms with Crippen molar-refractivity contribution in [2.24, 2.45) is 0 Å². The number of nitrogens with zero attached hydrogens (tertiary/aromatic N) is 2. The molecule has 0 spiro atoms. The summed E-state index contributed by atoms with van der Waals surface area (Å²) in [6.45, 7) is 7.13. The Morgan fingerprint density at radius 1 is 1.26 bits per heavy atom. The van der Waals surface area contributed by atoms with Gasteiger partial charge in [0.15, 0.2) is 0 Å². The summed E-state index contributed by atoms with van der Waals surface area (Å²) in [4.78, 5) is 5.21. The van der Waals surface area contributed by atoms with Gasteiger partial charge in [0.05, 0.1) is 3.42 Å². The zero-order valence-corrected chi connectivity index (χ0v) is 14.5. The Balaban J connectivity index is 2.12. The highest BCUT2D eigenvalue weighted by atomic mass is 127. The lowest BCUT2D eigenvalue weighted by Gasteiger charge is -2.45. The maximum absolute atomic E-state index is 2.74. The van der Waals surface area contributed by atoms with Gasteiger partial charge < -0.3 is 4.90 Å². The van der Waals surface area contributed by atoms with Crippen molar-refractivity contribution in [3.63, 3.8) is 0 Å². The van der Waals surface area contributed by atoms with Crippen molar-refractivity contribution >= 4 is 22.6 Å². The van der Waals surface area contributed by atoms with Crippen LogP contribution in [0, 0.1) is 0 Å². The summed E-state index contributed by atoms with van der Waals surface area (Å²) in [6, 6.07) is 0.638. The number of alkyl halides is 1. The lowest BCUT2D eigenvalue weighted by atomic mass is 9.89. The predicted molar refractivity (Wildman–Crippen MR) is 92.0 cm³/mol. The largest absolute Gasteiger partial charge is 0.305 e. The van der Waals surface area contributed by atoms with Gasteiger partial charge in [0.2, 0.25) is 0 Å². The van der Waals surface area contributed by atoms with Gasteiger partial charge >= 0.3 is 0 Å². The van der Waals surface area contributed by atoms with Crippen LogP contribution in [0.25, 0.3) is 0 Å². The fourth-order valence-electron chi connectivity index (χ4n) is 3.08.